The minimum absolute atomic E-state index is 0.0231. The van der Waals surface area contributed by atoms with Gasteiger partial charge in [-0.25, -0.2) is 4.79 Å². The Morgan fingerprint density at radius 2 is 1.33 bits per heavy atom. The summed E-state index contributed by atoms with van der Waals surface area (Å²) in [7, 11) is 0. The molecule has 0 amide bonds. The van der Waals surface area contributed by atoms with Crippen molar-refractivity contribution in [2.45, 2.75) is 0 Å². The Labute approximate surface area is 172 Å². The number of nitrogens with zero attached hydrogens (tertiary/aromatic N) is 2. The van der Waals surface area contributed by atoms with Crippen molar-refractivity contribution >= 4 is 56.4 Å². The number of aromatic carboxylic acids is 1. The largest absolute Gasteiger partial charge is 0.477 e. The minimum Gasteiger partial charge on any atom is -0.477 e. The number of aromatic nitrogens is 2. The molecule has 0 aliphatic rings. The maximum atomic E-state index is 10.7. The van der Waals surface area contributed by atoms with Crippen LogP contribution in [0.25, 0.3) is 21.8 Å². The molecule has 2 aromatic heterocycles. The van der Waals surface area contributed by atoms with Crippen LogP contribution in [0, 0.1) is 20.2 Å². The van der Waals surface area contributed by atoms with Crippen LogP contribution in [0.3, 0.4) is 0 Å². The number of nitro benzene ring substituents is 2. The van der Waals surface area contributed by atoms with Crippen molar-refractivity contribution in [2.75, 3.05) is 0 Å². The Morgan fingerprint density at radius 1 is 0.900 bits per heavy atom. The van der Waals surface area contributed by atoms with Gasteiger partial charge in [-0.15, -0.1) is 0 Å². The third-order valence-electron chi connectivity index (χ3n) is 4.16. The molecule has 11 nitrogen and oxygen atoms in total. The second-order valence-electron chi connectivity index (χ2n) is 6.03. The first kappa shape index (κ1) is 20.4. The van der Waals surface area contributed by atoms with Gasteiger partial charge in [0.05, 0.1) is 15.5 Å². The molecular weight excluding hydrogens is 414 g/mol. The smallest absolute Gasteiger partial charge is 0.352 e. The first-order valence-electron chi connectivity index (χ1n) is 8.24. The lowest BCUT2D eigenvalue weighted by Crippen LogP contribution is -2.09. The van der Waals surface area contributed by atoms with Gasteiger partial charge >= 0.3 is 5.97 Å². The van der Waals surface area contributed by atoms with E-state index in [2.05, 4.69) is 9.97 Å². The predicted octanol–water partition coefficient (Wildman–Crippen LogP) is 3.48. The molecule has 0 spiro atoms. The first-order valence-corrected chi connectivity index (χ1v) is 8.65. The number of aromatic amines is 2. The zero-order valence-corrected chi connectivity index (χ0v) is 15.8. The highest BCUT2D eigenvalue weighted by Crippen LogP contribution is 2.26. The first-order chi connectivity index (χ1) is 14.2. The third kappa shape index (κ3) is 3.93. The molecule has 0 aliphatic heterocycles. The number of fused-ring (bicyclic) bond motifs is 2. The summed E-state index contributed by atoms with van der Waals surface area (Å²) in [5, 5.41) is 31.3. The highest BCUT2D eigenvalue weighted by molar-refractivity contribution is 7.80. The lowest BCUT2D eigenvalue weighted by atomic mass is 10.2. The molecular formula is C18H13N5O6S. The molecule has 0 saturated carbocycles. The molecule has 4 rings (SSSR count). The van der Waals surface area contributed by atoms with Gasteiger partial charge in [0.2, 0.25) is 0 Å². The van der Waals surface area contributed by atoms with Crippen molar-refractivity contribution in [3.8, 4) is 0 Å². The molecule has 0 atom stereocenters. The van der Waals surface area contributed by atoms with Gasteiger partial charge in [-0.05, 0) is 12.1 Å². The van der Waals surface area contributed by atoms with Gasteiger partial charge in [0.15, 0.2) is 0 Å². The quantitative estimate of drug-likeness (QED) is 0.217. The number of thiocarbonyl (C=S) groups is 1. The van der Waals surface area contributed by atoms with Gasteiger partial charge in [-0.3, -0.25) is 20.2 Å². The molecule has 0 bridgehead atoms. The number of H-pyrrole nitrogens is 2. The third-order valence-corrected chi connectivity index (χ3v) is 4.38. The molecule has 0 saturated heterocycles. The van der Waals surface area contributed by atoms with E-state index in [0.717, 1.165) is 5.39 Å². The summed E-state index contributed by atoms with van der Waals surface area (Å²) in [5.41, 5.74) is 6.50. The zero-order valence-electron chi connectivity index (χ0n) is 15.0. The van der Waals surface area contributed by atoms with Crippen molar-refractivity contribution < 1.29 is 19.7 Å². The number of rotatable bonds is 4. The second-order valence-corrected chi connectivity index (χ2v) is 6.47. The van der Waals surface area contributed by atoms with Gasteiger partial charge in [0.25, 0.3) is 11.4 Å². The molecule has 2 heterocycles. The average molecular weight is 427 g/mol. The molecule has 0 radical (unpaired) electrons. The van der Waals surface area contributed by atoms with Crippen molar-refractivity contribution in [3.05, 3.63) is 80.1 Å². The lowest BCUT2D eigenvalue weighted by molar-refractivity contribution is -0.383. The van der Waals surface area contributed by atoms with E-state index in [1.807, 2.05) is 0 Å². The van der Waals surface area contributed by atoms with E-state index in [0.29, 0.717) is 16.6 Å². The van der Waals surface area contributed by atoms with E-state index in [4.69, 9.17) is 23.1 Å². The van der Waals surface area contributed by atoms with Gasteiger partial charge < -0.3 is 20.8 Å². The van der Waals surface area contributed by atoms with Crippen LogP contribution in [0.4, 0.5) is 11.4 Å². The SMILES string of the molecule is NC(=S)c1cc2cccc([N+](=O)[O-])c2[nH]1.O=C(O)c1cc2cccc([N+](=O)[O-])c2[nH]1. The summed E-state index contributed by atoms with van der Waals surface area (Å²) >= 11 is 4.79. The fourth-order valence-electron chi connectivity index (χ4n) is 2.83. The summed E-state index contributed by atoms with van der Waals surface area (Å²) in [6.45, 7) is 0. The molecule has 2 aromatic carbocycles. The number of benzene rings is 2. The molecule has 4 aromatic rings. The number of nitrogens with two attached hydrogens (primary N) is 1. The summed E-state index contributed by atoms with van der Waals surface area (Å²) in [5.74, 6) is -1.14. The van der Waals surface area contributed by atoms with Crippen molar-refractivity contribution in [3.63, 3.8) is 0 Å². The Balaban J connectivity index is 0.000000171. The van der Waals surface area contributed by atoms with Gasteiger partial charge in [-0.2, -0.15) is 0 Å². The molecule has 0 fully saturated rings. The fraction of sp³-hybridized carbons (Fsp3) is 0. The number of para-hydroxylation sites is 2. The summed E-state index contributed by atoms with van der Waals surface area (Å²) < 4.78 is 0. The highest BCUT2D eigenvalue weighted by atomic mass is 32.1. The monoisotopic (exact) mass is 427 g/mol. The van der Waals surface area contributed by atoms with Crippen LogP contribution in [0.5, 0.6) is 0 Å². The number of hydrogen-bond acceptors (Lipinski definition) is 6. The lowest BCUT2D eigenvalue weighted by Gasteiger charge is -1.92. The maximum Gasteiger partial charge on any atom is 0.352 e. The van der Waals surface area contributed by atoms with Crippen LogP contribution in [-0.2, 0) is 0 Å². The molecule has 152 valence electrons. The molecule has 0 aliphatic carbocycles. The second kappa shape index (κ2) is 7.97. The van der Waals surface area contributed by atoms with Crippen molar-refractivity contribution in [1.29, 1.82) is 0 Å². The average Bonchev–Trinajstić information content (AvgIpc) is 3.32. The Hall–Kier alpha value is -4.32. The van der Waals surface area contributed by atoms with E-state index in [1.54, 1.807) is 24.3 Å². The number of nitrogens with one attached hydrogen (secondary N) is 2. The molecule has 5 N–H and O–H groups in total. The van der Waals surface area contributed by atoms with Crippen molar-refractivity contribution in [2.24, 2.45) is 5.73 Å². The van der Waals surface area contributed by atoms with E-state index in [-0.39, 0.29) is 27.6 Å². The van der Waals surface area contributed by atoms with E-state index in [9.17, 15) is 25.0 Å². The zero-order chi connectivity index (χ0) is 22.0. The van der Waals surface area contributed by atoms with Crippen LogP contribution < -0.4 is 5.73 Å². The Kier molecular flexibility index (Phi) is 5.42. The van der Waals surface area contributed by atoms with Gasteiger partial charge in [0.1, 0.15) is 21.7 Å². The van der Waals surface area contributed by atoms with E-state index in [1.165, 1.54) is 24.3 Å². The Bertz CT molecular complexity index is 1220. The standard InChI is InChI=1S/C9H7N3O2S.C9H6N2O4/c10-9(15)6-4-5-2-1-3-7(12(13)14)8(5)11-6;12-9(13)6-4-5-2-1-3-7(11(14)15)8(5)10-6/h1-4,11H,(H2,10,15);1-4,10H,(H,12,13). The Morgan fingerprint density at radius 3 is 1.73 bits per heavy atom. The maximum absolute atomic E-state index is 10.7. The number of carbonyl (C=O) groups is 1. The number of non-ortho nitro benzene ring substituents is 2. The molecule has 30 heavy (non-hydrogen) atoms. The van der Waals surface area contributed by atoms with Crippen LogP contribution in [0.15, 0.2) is 48.5 Å². The number of carboxylic acid groups (broad SMARTS) is 1. The number of hydrogen-bond donors (Lipinski definition) is 4. The van der Waals surface area contributed by atoms with Crippen LogP contribution in [0.1, 0.15) is 16.2 Å². The normalized spacial score (nSPS) is 10.4. The molecule has 12 heteroatoms. The number of carboxylic acids is 1. The van der Waals surface area contributed by atoms with E-state index >= 15 is 0 Å². The minimum atomic E-state index is -1.14. The van der Waals surface area contributed by atoms with Crippen LogP contribution in [-0.4, -0.2) is 35.9 Å². The predicted molar refractivity (Wildman–Crippen MR) is 113 cm³/mol. The van der Waals surface area contributed by atoms with Gasteiger partial charge in [0, 0.05) is 22.9 Å². The summed E-state index contributed by atoms with van der Waals surface area (Å²) in [6.07, 6.45) is 0. The number of nitro groups is 2. The van der Waals surface area contributed by atoms with Crippen LogP contribution >= 0.6 is 12.2 Å². The highest BCUT2D eigenvalue weighted by Gasteiger charge is 2.16. The van der Waals surface area contributed by atoms with E-state index < -0.39 is 15.8 Å². The van der Waals surface area contributed by atoms with Crippen molar-refractivity contribution in [1.82, 2.24) is 9.97 Å². The summed E-state index contributed by atoms with van der Waals surface area (Å²) in [6, 6.07) is 12.3. The topological polar surface area (TPSA) is 181 Å². The molecule has 0 unspecified atom stereocenters. The van der Waals surface area contributed by atoms with Crippen LogP contribution in [0.2, 0.25) is 0 Å². The fourth-order valence-corrected chi connectivity index (χ4v) is 2.94. The summed E-state index contributed by atoms with van der Waals surface area (Å²) in [4.78, 5) is 36.5. The van der Waals surface area contributed by atoms with Gasteiger partial charge in [-0.1, -0.05) is 36.5 Å².